The summed E-state index contributed by atoms with van der Waals surface area (Å²) in [6.07, 6.45) is 2.75. The zero-order chi connectivity index (χ0) is 14.9. The summed E-state index contributed by atoms with van der Waals surface area (Å²) in [6, 6.07) is 3.16. The van der Waals surface area contributed by atoms with Crippen LogP contribution in [-0.2, 0) is 23.4 Å². The second-order valence-corrected chi connectivity index (χ2v) is 6.73. The molecule has 2 heterocycles. The van der Waals surface area contributed by atoms with Crippen molar-refractivity contribution in [3.8, 4) is 0 Å². The summed E-state index contributed by atoms with van der Waals surface area (Å²) in [5, 5.41) is 7.42. The first-order valence-corrected chi connectivity index (χ1v) is 8.08. The molecule has 2 rings (SSSR count). The van der Waals surface area contributed by atoms with Gasteiger partial charge >= 0.3 is 0 Å². The Morgan fingerprint density at radius 2 is 2.05 bits per heavy atom. The van der Waals surface area contributed by atoms with Crippen molar-refractivity contribution in [2.75, 3.05) is 11.6 Å². The minimum Gasteiger partial charge on any atom is -0.365 e. The number of hydrogen-bond donors (Lipinski definition) is 1. The van der Waals surface area contributed by atoms with E-state index in [9.17, 15) is 8.42 Å². The Bertz CT molecular complexity index is 735. The number of nitrogens with one attached hydrogen (secondary N) is 1. The number of aromatic nitrogens is 3. The first kappa shape index (κ1) is 14.5. The standard InChI is InChI=1S/C13H18N4O2S/c1-9-11(10(2)17(3)16-9)8-15-13-12(20(4,18)19)6-5-7-14-13/h5-7H,8H2,1-4H3,(H,14,15). The molecule has 0 unspecified atom stereocenters. The van der Waals surface area contributed by atoms with E-state index >= 15 is 0 Å². The monoisotopic (exact) mass is 294 g/mol. The van der Waals surface area contributed by atoms with Crippen molar-refractivity contribution in [1.29, 1.82) is 0 Å². The average Bonchev–Trinajstić information content (AvgIpc) is 2.60. The van der Waals surface area contributed by atoms with Crippen LogP contribution in [0.25, 0.3) is 0 Å². The zero-order valence-corrected chi connectivity index (χ0v) is 12.8. The predicted octanol–water partition coefficient (Wildman–Crippen LogP) is 1.45. The molecule has 0 spiro atoms. The van der Waals surface area contributed by atoms with E-state index in [2.05, 4.69) is 15.4 Å². The molecule has 0 amide bonds. The molecule has 0 fully saturated rings. The van der Waals surface area contributed by atoms with Crippen molar-refractivity contribution in [1.82, 2.24) is 14.8 Å². The smallest absolute Gasteiger partial charge is 0.179 e. The highest BCUT2D eigenvalue weighted by Gasteiger charge is 2.15. The van der Waals surface area contributed by atoms with Crippen LogP contribution in [0.2, 0.25) is 0 Å². The Labute approximate surface area is 118 Å². The molecular weight excluding hydrogens is 276 g/mol. The summed E-state index contributed by atoms with van der Waals surface area (Å²) in [5.41, 5.74) is 3.03. The number of hydrogen-bond acceptors (Lipinski definition) is 5. The lowest BCUT2D eigenvalue weighted by atomic mass is 10.2. The Balaban J connectivity index is 2.28. The number of pyridine rings is 1. The van der Waals surface area contributed by atoms with E-state index in [1.165, 1.54) is 6.26 Å². The molecule has 1 N–H and O–H groups in total. The second kappa shape index (κ2) is 5.24. The van der Waals surface area contributed by atoms with Gasteiger partial charge in [0.25, 0.3) is 0 Å². The van der Waals surface area contributed by atoms with Gasteiger partial charge in [0.2, 0.25) is 0 Å². The molecule has 2 aromatic heterocycles. The highest BCUT2D eigenvalue weighted by atomic mass is 32.2. The van der Waals surface area contributed by atoms with Gasteiger partial charge < -0.3 is 5.32 Å². The van der Waals surface area contributed by atoms with E-state index in [1.54, 1.807) is 18.3 Å². The number of aryl methyl sites for hydroxylation is 2. The largest absolute Gasteiger partial charge is 0.365 e. The maximum absolute atomic E-state index is 11.7. The third kappa shape index (κ3) is 2.82. The van der Waals surface area contributed by atoms with Crippen LogP contribution < -0.4 is 5.32 Å². The van der Waals surface area contributed by atoms with Crippen LogP contribution in [-0.4, -0.2) is 29.4 Å². The van der Waals surface area contributed by atoms with E-state index in [-0.39, 0.29) is 4.90 Å². The first-order chi connectivity index (χ1) is 9.30. The summed E-state index contributed by atoms with van der Waals surface area (Å²) < 4.78 is 25.2. The van der Waals surface area contributed by atoms with Gasteiger partial charge in [-0.05, 0) is 26.0 Å². The quantitative estimate of drug-likeness (QED) is 0.923. The predicted molar refractivity (Wildman–Crippen MR) is 77.4 cm³/mol. The normalized spacial score (nSPS) is 11.6. The topological polar surface area (TPSA) is 76.9 Å². The van der Waals surface area contributed by atoms with Crippen LogP contribution in [0.1, 0.15) is 17.0 Å². The molecule has 6 nitrogen and oxygen atoms in total. The summed E-state index contributed by atoms with van der Waals surface area (Å²) in [4.78, 5) is 4.32. The molecule has 0 radical (unpaired) electrons. The SMILES string of the molecule is Cc1nn(C)c(C)c1CNc1ncccc1S(C)(=O)=O. The van der Waals surface area contributed by atoms with Crippen LogP contribution >= 0.6 is 0 Å². The minimum absolute atomic E-state index is 0.208. The average molecular weight is 294 g/mol. The fraction of sp³-hybridized carbons (Fsp3) is 0.385. The second-order valence-electron chi connectivity index (χ2n) is 4.75. The van der Waals surface area contributed by atoms with Gasteiger partial charge in [-0.1, -0.05) is 0 Å². The van der Waals surface area contributed by atoms with Gasteiger partial charge in [0.1, 0.15) is 10.7 Å². The Hall–Kier alpha value is -1.89. The lowest BCUT2D eigenvalue weighted by Crippen LogP contribution is -2.09. The van der Waals surface area contributed by atoms with Crippen LogP contribution in [0.3, 0.4) is 0 Å². The van der Waals surface area contributed by atoms with Crippen molar-refractivity contribution in [3.63, 3.8) is 0 Å². The lowest BCUT2D eigenvalue weighted by Gasteiger charge is -2.09. The molecule has 0 saturated carbocycles. The number of anilines is 1. The molecule has 0 saturated heterocycles. The van der Waals surface area contributed by atoms with E-state index in [0.717, 1.165) is 17.0 Å². The molecule has 7 heteroatoms. The molecular formula is C13H18N4O2S. The van der Waals surface area contributed by atoms with Gasteiger partial charge in [0, 0.05) is 37.3 Å². The molecule has 0 aliphatic carbocycles. The van der Waals surface area contributed by atoms with Gasteiger partial charge in [-0.25, -0.2) is 13.4 Å². The van der Waals surface area contributed by atoms with Gasteiger partial charge in [-0.2, -0.15) is 5.10 Å². The van der Waals surface area contributed by atoms with E-state index in [4.69, 9.17) is 0 Å². The maximum atomic E-state index is 11.7. The summed E-state index contributed by atoms with van der Waals surface area (Å²) in [7, 11) is -1.42. The third-order valence-electron chi connectivity index (χ3n) is 3.26. The van der Waals surface area contributed by atoms with Crippen molar-refractivity contribution in [2.24, 2.45) is 7.05 Å². The number of sulfone groups is 1. The molecule has 20 heavy (non-hydrogen) atoms. The van der Waals surface area contributed by atoms with Gasteiger partial charge in [0.15, 0.2) is 9.84 Å². The number of rotatable bonds is 4. The van der Waals surface area contributed by atoms with Crippen molar-refractivity contribution < 1.29 is 8.42 Å². The lowest BCUT2D eigenvalue weighted by molar-refractivity contribution is 0.601. The Kier molecular flexibility index (Phi) is 3.80. The molecule has 0 aromatic carbocycles. The van der Waals surface area contributed by atoms with E-state index in [0.29, 0.717) is 12.4 Å². The summed E-state index contributed by atoms with van der Waals surface area (Å²) in [5.74, 6) is 0.373. The molecule has 0 aliphatic rings. The van der Waals surface area contributed by atoms with Crippen LogP contribution in [0, 0.1) is 13.8 Å². The molecule has 0 atom stereocenters. The zero-order valence-electron chi connectivity index (χ0n) is 12.0. The van der Waals surface area contributed by atoms with Crippen molar-refractivity contribution in [2.45, 2.75) is 25.3 Å². The van der Waals surface area contributed by atoms with E-state index in [1.807, 2.05) is 25.6 Å². The summed E-state index contributed by atoms with van der Waals surface area (Å²) in [6.45, 7) is 4.40. The molecule has 2 aromatic rings. The Morgan fingerprint density at radius 1 is 1.35 bits per heavy atom. The van der Waals surface area contributed by atoms with Gasteiger partial charge in [-0.3, -0.25) is 4.68 Å². The highest BCUT2D eigenvalue weighted by Crippen LogP contribution is 2.20. The Morgan fingerprint density at radius 3 is 2.60 bits per heavy atom. The van der Waals surface area contributed by atoms with Crippen LogP contribution in [0.4, 0.5) is 5.82 Å². The molecule has 108 valence electrons. The fourth-order valence-electron chi connectivity index (χ4n) is 2.07. The number of nitrogens with zero attached hydrogens (tertiary/aromatic N) is 3. The maximum Gasteiger partial charge on any atom is 0.179 e. The van der Waals surface area contributed by atoms with Crippen molar-refractivity contribution >= 4 is 15.7 Å². The minimum atomic E-state index is -3.30. The third-order valence-corrected chi connectivity index (χ3v) is 4.39. The van der Waals surface area contributed by atoms with Gasteiger partial charge in [-0.15, -0.1) is 0 Å². The van der Waals surface area contributed by atoms with Crippen molar-refractivity contribution in [3.05, 3.63) is 35.3 Å². The first-order valence-electron chi connectivity index (χ1n) is 6.18. The molecule has 0 aliphatic heterocycles. The highest BCUT2D eigenvalue weighted by molar-refractivity contribution is 7.90. The van der Waals surface area contributed by atoms with Gasteiger partial charge in [0.05, 0.1) is 5.69 Å². The fourth-order valence-corrected chi connectivity index (χ4v) is 2.87. The van der Waals surface area contributed by atoms with Crippen LogP contribution in [0.15, 0.2) is 23.2 Å². The van der Waals surface area contributed by atoms with Crippen LogP contribution in [0.5, 0.6) is 0 Å². The molecule has 0 bridgehead atoms. The van der Waals surface area contributed by atoms with E-state index < -0.39 is 9.84 Å². The summed E-state index contributed by atoms with van der Waals surface area (Å²) >= 11 is 0.